The highest BCUT2D eigenvalue weighted by Crippen LogP contribution is 2.35. The van der Waals surface area contributed by atoms with Crippen LogP contribution in [-0.2, 0) is 14.3 Å². The van der Waals surface area contributed by atoms with Gasteiger partial charge in [0.05, 0.1) is 24.8 Å². The van der Waals surface area contributed by atoms with Crippen molar-refractivity contribution < 1.29 is 23.8 Å². The van der Waals surface area contributed by atoms with Crippen molar-refractivity contribution in [1.29, 1.82) is 0 Å². The third-order valence-corrected chi connectivity index (χ3v) is 5.02. The first-order valence-electron chi connectivity index (χ1n) is 10.6. The van der Waals surface area contributed by atoms with E-state index in [0.717, 1.165) is 5.56 Å². The first-order valence-corrected chi connectivity index (χ1v) is 11.0. The lowest BCUT2D eigenvalue weighted by Crippen LogP contribution is -2.45. The molecule has 0 radical (unpaired) electrons. The number of para-hydroxylation sites is 1. The Morgan fingerprint density at radius 1 is 1.03 bits per heavy atom. The van der Waals surface area contributed by atoms with Gasteiger partial charge in [-0.2, -0.15) is 0 Å². The van der Waals surface area contributed by atoms with Gasteiger partial charge in [0, 0.05) is 11.4 Å². The summed E-state index contributed by atoms with van der Waals surface area (Å²) in [5.74, 6) is 0.131. The minimum atomic E-state index is -0.513. The SMILES string of the molecule is CCOC(=O)COc1ccc([C@@H]2NC(=S)NC(C)=C2C(=O)Nc2ccccc2)cc1OCC. The van der Waals surface area contributed by atoms with Crippen LogP contribution in [0.3, 0.4) is 0 Å². The molecule has 3 N–H and O–H groups in total. The molecule has 3 rings (SSSR count). The van der Waals surface area contributed by atoms with Crippen molar-refractivity contribution in [3.63, 3.8) is 0 Å². The maximum absolute atomic E-state index is 13.2. The summed E-state index contributed by atoms with van der Waals surface area (Å²) in [7, 11) is 0. The topological polar surface area (TPSA) is 97.9 Å². The predicted octanol–water partition coefficient (Wildman–Crippen LogP) is 3.46. The summed E-state index contributed by atoms with van der Waals surface area (Å²) in [4.78, 5) is 24.9. The molecule has 1 heterocycles. The molecular weight excluding hydrogens is 442 g/mol. The molecule has 174 valence electrons. The van der Waals surface area contributed by atoms with E-state index in [0.29, 0.717) is 40.2 Å². The fourth-order valence-electron chi connectivity index (χ4n) is 3.40. The van der Waals surface area contributed by atoms with Gasteiger partial charge in [-0.15, -0.1) is 0 Å². The van der Waals surface area contributed by atoms with Crippen LogP contribution in [0.25, 0.3) is 0 Å². The maximum atomic E-state index is 13.2. The molecule has 0 bridgehead atoms. The number of anilines is 1. The lowest BCUT2D eigenvalue weighted by Gasteiger charge is -2.30. The highest BCUT2D eigenvalue weighted by Gasteiger charge is 2.30. The second-order valence-electron chi connectivity index (χ2n) is 7.12. The maximum Gasteiger partial charge on any atom is 0.344 e. The van der Waals surface area contributed by atoms with Crippen molar-refractivity contribution in [3.05, 3.63) is 65.4 Å². The number of ether oxygens (including phenoxy) is 3. The normalized spacial score (nSPS) is 15.2. The summed E-state index contributed by atoms with van der Waals surface area (Å²) in [6.45, 7) is 5.83. The fraction of sp³-hybridized carbons (Fsp3) is 0.292. The van der Waals surface area contributed by atoms with Gasteiger partial charge in [-0.1, -0.05) is 24.3 Å². The second kappa shape index (κ2) is 11.3. The highest BCUT2D eigenvalue weighted by molar-refractivity contribution is 7.80. The molecule has 0 saturated carbocycles. The van der Waals surface area contributed by atoms with E-state index >= 15 is 0 Å². The van der Waals surface area contributed by atoms with Crippen molar-refractivity contribution >= 4 is 34.9 Å². The van der Waals surface area contributed by atoms with Crippen molar-refractivity contribution in [2.24, 2.45) is 0 Å². The van der Waals surface area contributed by atoms with Crippen LogP contribution in [0.5, 0.6) is 11.5 Å². The minimum absolute atomic E-state index is 0.229. The summed E-state index contributed by atoms with van der Waals surface area (Å²) in [5.41, 5.74) is 2.59. The number of nitrogens with one attached hydrogen (secondary N) is 3. The van der Waals surface area contributed by atoms with Gasteiger partial charge < -0.3 is 30.2 Å². The molecule has 1 atom stereocenters. The number of hydrogen-bond donors (Lipinski definition) is 3. The van der Waals surface area contributed by atoms with E-state index in [1.165, 1.54) is 0 Å². The Hall–Kier alpha value is -3.59. The molecule has 0 unspecified atom stereocenters. The Kier molecular flexibility index (Phi) is 8.26. The predicted molar refractivity (Wildman–Crippen MR) is 129 cm³/mol. The molecule has 33 heavy (non-hydrogen) atoms. The van der Waals surface area contributed by atoms with Crippen LogP contribution in [0.1, 0.15) is 32.4 Å². The molecule has 0 aliphatic carbocycles. The van der Waals surface area contributed by atoms with Crippen LogP contribution in [0.15, 0.2) is 59.8 Å². The molecule has 1 amide bonds. The van der Waals surface area contributed by atoms with Gasteiger partial charge in [0.25, 0.3) is 5.91 Å². The number of carbonyl (C=O) groups is 2. The Morgan fingerprint density at radius 3 is 2.48 bits per heavy atom. The van der Waals surface area contributed by atoms with Crippen LogP contribution in [-0.4, -0.2) is 36.8 Å². The van der Waals surface area contributed by atoms with Crippen LogP contribution in [0.4, 0.5) is 5.69 Å². The number of benzene rings is 2. The first-order chi connectivity index (χ1) is 15.9. The molecule has 9 heteroatoms. The average Bonchev–Trinajstić information content (AvgIpc) is 2.78. The third-order valence-electron chi connectivity index (χ3n) is 4.80. The Balaban J connectivity index is 1.90. The zero-order valence-corrected chi connectivity index (χ0v) is 19.6. The number of amides is 1. The van der Waals surface area contributed by atoms with Gasteiger partial charge in [0.1, 0.15) is 0 Å². The van der Waals surface area contributed by atoms with Crippen molar-refractivity contribution in [3.8, 4) is 11.5 Å². The van der Waals surface area contributed by atoms with Crippen molar-refractivity contribution in [2.45, 2.75) is 26.8 Å². The smallest absolute Gasteiger partial charge is 0.344 e. The van der Waals surface area contributed by atoms with E-state index < -0.39 is 12.0 Å². The highest BCUT2D eigenvalue weighted by atomic mass is 32.1. The lowest BCUT2D eigenvalue weighted by molar-refractivity contribution is -0.145. The number of thiocarbonyl (C=S) groups is 1. The molecule has 0 aromatic heterocycles. The molecule has 2 aromatic carbocycles. The van der Waals surface area contributed by atoms with Crippen molar-refractivity contribution in [1.82, 2.24) is 10.6 Å². The van der Waals surface area contributed by atoms with Gasteiger partial charge in [0.2, 0.25) is 0 Å². The van der Waals surface area contributed by atoms with Crippen molar-refractivity contribution in [2.75, 3.05) is 25.1 Å². The van der Waals surface area contributed by atoms with E-state index in [1.807, 2.05) is 37.3 Å². The van der Waals surface area contributed by atoms with Gasteiger partial charge in [-0.25, -0.2) is 4.79 Å². The summed E-state index contributed by atoms with van der Waals surface area (Å²) < 4.78 is 16.2. The first kappa shape index (κ1) is 24.1. The van der Waals surface area contributed by atoms with Gasteiger partial charge in [-0.05, 0) is 62.8 Å². The molecule has 0 fully saturated rings. The summed E-state index contributed by atoms with van der Waals surface area (Å²) in [6.07, 6.45) is 0. The van der Waals surface area contributed by atoms with E-state index in [9.17, 15) is 9.59 Å². The molecule has 1 aliphatic heterocycles. The number of carbonyl (C=O) groups excluding carboxylic acids is 2. The molecule has 0 saturated heterocycles. The second-order valence-corrected chi connectivity index (χ2v) is 7.53. The number of hydrogen-bond acceptors (Lipinski definition) is 6. The van der Waals surface area contributed by atoms with E-state index in [4.69, 9.17) is 26.4 Å². The summed E-state index contributed by atoms with van der Waals surface area (Å²) in [6, 6.07) is 14.0. The van der Waals surface area contributed by atoms with E-state index in [2.05, 4.69) is 16.0 Å². The molecule has 2 aromatic rings. The number of allylic oxidation sites excluding steroid dienone is 1. The number of esters is 1. The zero-order chi connectivity index (χ0) is 23.8. The van der Waals surface area contributed by atoms with Gasteiger partial charge in [0.15, 0.2) is 23.2 Å². The Labute approximate surface area is 198 Å². The van der Waals surface area contributed by atoms with Crippen LogP contribution in [0, 0.1) is 0 Å². The molecule has 0 spiro atoms. The van der Waals surface area contributed by atoms with Crippen LogP contribution >= 0.6 is 12.2 Å². The van der Waals surface area contributed by atoms with Gasteiger partial charge in [-0.3, -0.25) is 4.79 Å². The average molecular weight is 470 g/mol. The van der Waals surface area contributed by atoms with Crippen LogP contribution < -0.4 is 25.4 Å². The molecule has 8 nitrogen and oxygen atoms in total. The minimum Gasteiger partial charge on any atom is -0.490 e. The zero-order valence-electron chi connectivity index (χ0n) is 18.8. The fourth-order valence-corrected chi connectivity index (χ4v) is 3.67. The Bertz CT molecular complexity index is 1060. The standard InChI is InChI=1S/C24H27N3O5S/c1-4-30-19-13-16(11-12-18(19)32-14-20(28)31-5-2)22-21(15(3)25-24(33)27-22)23(29)26-17-9-7-6-8-10-17/h6-13,22H,4-5,14H2,1-3H3,(H,26,29)(H2,25,27,33)/t22-/m0/s1. The van der Waals surface area contributed by atoms with E-state index in [-0.39, 0.29) is 19.1 Å². The quantitative estimate of drug-likeness (QED) is 0.380. The lowest BCUT2D eigenvalue weighted by atomic mass is 9.94. The van der Waals surface area contributed by atoms with Gasteiger partial charge >= 0.3 is 5.97 Å². The third kappa shape index (κ3) is 6.23. The molecule has 1 aliphatic rings. The van der Waals surface area contributed by atoms with E-state index in [1.54, 1.807) is 32.0 Å². The largest absolute Gasteiger partial charge is 0.490 e. The number of rotatable bonds is 9. The molecular formula is C24H27N3O5S. The summed E-state index contributed by atoms with van der Waals surface area (Å²) in [5, 5.41) is 9.53. The monoisotopic (exact) mass is 469 g/mol. The summed E-state index contributed by atoms with van der Waals surface area (Å²) >= 11 is 5.34. The van der Waals surface area contributed by atoms with Crippen LogP contribution in [0.2, 0.25) is 0 Å². The Morgan fingerprint density at radius 2 is 1.79 bits per heavy atom.